The molecule has 4 nitrogen and oxygen atoms in total. The van der Waals surface area contributed by atoms with Crippen LogP contribution in [-0.4, -0.2) is 35.8 Å². The maximum absolute atomic E-state index is 13.0. The van der Waals surface area contributed by atoms with Crippen LogP contribution in [0.4, 0.5) is 0 Å². The van der Waals surface area contributed by atoms with Crippen LogP contribution in [0.1, 0.15) is 65.7 Å². The predicted octanol–water partition coefficient (Wildman–Crippen LogP) is 2.72. The van der Waals surface area contributed by atoms with Crippen molar-refractivity contribution in [3.05, 3.63) is 0 Å². The minimum Gasteiger partial charge on any atom is -0.351 e. The zero-order valence-electron chi connectivity index (χ0n) is 13.8. The molecule has 0 unspecified atom stereocenters. The standard InChI is InChI=1S/C17H30N2O2/c1-16(2,3)18-15(21)17(14-7-5-4-6-8-14)9-11-19(13-20)12-10-17/h13-14H,4-12H2,1-3H3,(H,18,21). The van der Waals surface area contributed by atoms with Gasteiger partial charge in [-0.2, -0.15) is 0 Å². The molecule has 1 heterocycles. The average molecular weight is 294 g/mol. The van der Waals surface area contributed by atoms with Crippen molar-refractivity contribution in [2.75, 3.05) is 13.1 Å². The molecule has 1 saturated heterocycles. The molecule has 0 bridgehead atoms. The van der Waals surface area contributed by atoms with Gasteiger partial charge in [0.15, 0.2) is 0 Å². The summed E-state index contributed by atoms with van der Waals surface area (Å²) in [6.45, 7) is 7.56. The van der Waals surface area contributed by atoms with E-state index in [1.807, 2.05) is 25.7 Å². The Balaban J connectivity index is 2.17. The minimum absolute atomic E-state index is 0.194. The van der Waals surface area contributed by atoms with Gasteiger partial charge in [0.2, 0.25) is 12.3 Å². The Morgan fingerprint density at radius 2 is 1.71 bits per heavy atom. The lowest BCUT2D eigenvalue weighted by Crippen LogP contribution is -2.56. The van der Waals surface area contributed by atoms with Gasteiger partial charge in [0, 0.05) is 18.6 Å². The monoisotopic (exact) mass is 294 g/mol. The molecule has 0 spiro atoms. The van der Waals surface area contributed by atoms with Crippen molar-refractivity contribution in [3.63, 3.8) is 0 Å². The summed E-state index contributed by atoms with van der Waals surface area (Å²) in [6.07, 6.45) is 8.67. The molecule has 120 valence electrons. The van der Waals surface area contributed by atoms with Crippen LogP contribution in [0.15, 0.2) is 0 Å². The van der Waals surface area contributed by atoms with Crippen LogP contribution in [0.3, 0.4) is 0 Å². The van der Waals surface area contributed by atoms with Crippen LogP contribution in [0.25, 0.3) is 0 Å². The summed E-state index contributed by atoms with van der Waals surface area (Å²) >= 11 is 0. The number of piperidine rings is 1. The molecule has 0 aromatic heterocycles. The molecule has 0 aromatic rings. The van der Waals surface area contributed by atoms with Crippen LogP contribution in [0.5, 0.6) is 0 Å². The first-order valence-corrected chi connectivity index (χ1v) is 8.39. The Morgan fingerprint density at radius 3 is 2.19 bits per heavy atom. The van der Waals surface area contributed by atoms with Crippen LogP contribution in [-0.2, 0) is 9.59 Å². The Labute approximate surface area is 128 Å². The molecule has 2 fully saturated rings. The van der Waals surface area contributed by atoms with E-state index < -0.39 is 0 Å². The molecule has 2 amide bonds. The molecule has 1 aliphatic carbocycles. The van der Waals surface area contributed by atoms with E-state index in [4.69, 9.17) is 0 Å². The summed E-state index contributed by atoms with van der Waals surface area (Å²) in [5.74, 6) is 0.704. The van der Waals surface area contributed by atoms with E-state index in [1.165, 1.54) is 32.1 Å². The number of hydrogen-bond acceptors (Lipinski definition) is 2. The third-order valence-electron chi connectivity index (χ3n) is 5.17. The Morgan fingerprint density at radius 1 is 1.14 bits per heavy atom. The van der Waals surface area contributed by atoms with E-state index in [-0.39, 0.29) is 16.9 Å². The maximum Gasteiger partial charge on any atom is 0.227 e. The molecule has 0 aromatic carbocycles. The lowest BCUT2D eigenvalue weighted by Gasteiger charge is -2.47. The fourth-order valence-corrected chi connectivity index (χ4v) is 3.97. The van der Waals surface area contributed by atoms with E-state index in [0.717, 1.165) is 32.3 Å². The van der Waals surface area contributed by atoms with E-state index >= 15 is 0 Å². The third-order valence-corrected chi connectivity index (χ3v) is 5.17. The second-order valence-electron chi connectivity index (χ2n) is 7.84. The van der Waals surface area contributed by atoms with Crippen molar-refractivity contribution in [3.8, 4) is 0 Å². The number of likely N-dealkylation sites (tertiary alicyclic amines) is 1. The highest BCUT2D eigenvalue weighted by atomic mass is 16.2. The first kappa shape index (κ1) is 16.3. The van der Waals surface area contributed by atoms with Crippen molar-refractivity contribution in [2.45, 2.75) is 71.3 Å². The maximum atomic E-state index is 13.0. The predicted molar refractivity (Wildman–Crippen MR) is 83.8 cm³/mol. The van der Waals surface area contributed by atoms with Crippen molar-refractivity contribution in [2.24, 2.45) is 11.3 Å². The number of rotatable bonds is 3. The van der Waals surface area contributed by atoms with Gasteiger partial charge in [-0.25, -0.2) is 0 Å². The molecule has 0 radical (unpaired) electrons. The number of carbonyl (C=O) groups excluding carboxylic acids is 2. The van der Waals surface area contributed by atoms with Gasteiger partial charge in [-0.3, -0.25) is 9.59 Å². The molecule has 1 N–H and O–H groups in total. The van der Waals surface area contributed by atoms with Crippen LogP contribution in [0.2, 0.25) is 0 Å². The average Bonchev–Trinajstić information content (AvgIpc) is 2.46. The second-order valence-corrected chi connectivity index (χ2v) is 7.84. The summed E-state index contributed by atoms with van der Waals surface area (Å²) in [7, 11) is 0. The number of nitrogens with one attached hydrogen (secondary N) is 1. The molecular formula is C17H30N2O2. The van der Waals surface area contributed by atoms with Crippen molar-refractivity contribution in [1.29, 1.82) is 0 Å². The zero-order chi connectivity index (χ0) is 15.5. The molecule has 2 aliphatic rings. The van der Waals surface area contributed by atoms with Crippen LogP contribution >= 0.6 is 0 Å². The van der Waals surface area contributed by atoms with Gasteiger partial charge in [-0.1, -0.05) is 19.3 Å². The van der Waals surface area contributed by atoms with Gasteiger partial charge < -0.3 is 10.2 Å². The van der Waals surface area contributed by atoms with E-state index in [2.05, 4.69) is 5.32 Å². The summed E-state index contributed by atoms with van der Waals surface area (Å²) in [5, 5.41) is 3.21. The van der Waals surface area contributed by atoms with Gasteiger partial charge in [0.25, 0.3) is 0 Å². The zero-order valence-corrected chi connectivity index (χ0v) is 13.8. The molecule has 2 rings (SSSR count). The fourth-order valence-electron chi connectivity index (χ4n) is 3.97. The highest BCUT2D eigenvalue weighted by Crippen LogP contribution is 2.46. The molecule has 1 saturated carbocycles. The number of amides is 2. The highest BCUT2D eigenvalue weighted by molar-refractivity contribution is 5.84. The van der Waals surface area contributed by atoms with Gasteiger partial charge in [0.1, 0.15) is 0 Å². The molecular weight excluding hydrogens is 264 g/mol. The first-order chi connectivity index (χ1) is 9.87. The number of carbonyl (C=O) groups is 2. The minimum atomic E-state index is -0.257. The Kier molecular flexibility index (Phi) is 4.95. The highest BCUT2D eigenvalue weighted by Gasteiger charge is 2.47. The van der Waals surface area contributed by atoms with Crippen LogP contribution < -0.4 is 5.32 Å². The lowest BCUT2D eigenvalue weighted by molar-refractivity contribution is -0.143. The van der Waals surface area contributed by atoms with Crippen molar-refractivity contribution >= 4 is 12.3 Å². The molecule has 0 atom stereocenters. The SMILES string of the molecule is CC(C)(C)NC(=O)C1(C2CCCCC2)CCN(C=O)CC1. The first-order valence-electron chi connectivity index (χ1n) is 8.39. The molecule has 1 aliphatic heterocycles. The van der Waals surface area contributed by atoms with Gasteiger partial charge >= 0.3 is 0 Å². The largest absolute Gasteiger partial charge is 0.351 e. The van der Waals surface area contributed by atoms with E-state index in [1.54, 1.807) is 0 Å². The second kappa shape index (κ2) is 6.37. The van der Waals surface area contributed by atoms with Gasteiger partial charge in [-0.05, 0) is 52.4 Å². The topological polar surface area (TPSA) is 49.4 Å². The fraction of sp³-hybridized carbons (Fsp3) is 0.882. The van der Waals surface area contributed by atoms with Crippen molar-refractivity contribution < 1.29 is 9.59 Å². The van der Waals surface area contributed by atoms with Crippen LogP contribution in [0, 0.1) is 11.3 Å². The van der Waals surface area contributed by atoms with Gasteiger partial charge in [-0.15, -0.1) is 0 Å². The van der Waals surface area contributed by atoms with E-state index in [0.29, 0.717) is 5.92 Å². The van der Waals surface area contributed by atoms with E-state index in [9.17, 15) is 9.59 Å². The lowest BCUT2D eigenvalue weighted by atomic mass is 9.63. The number of hydrogen-bond donors (Lipinski definition) is 1. The van der Waals surface area contributed by atoms with Crippen molar-refractivity contribution in [1.82, 2.24) is 10.2 Å². The Bertz CT molecular complexity index is 373. The summed E-state index contributed by atoms with van der Waals surface area (Å²) in [5.41, 5.74) is -0.451. The smallest absolute Gasteiger partial charge is 0.227 e. The van der Waals surface area contributed by atoms with Gasteiger partial charge in [0.05, 0.1) is 5.41 Å². The number of nitrogens with zero attached hydrogens (tertiary/aromatic N) is 1. The normalized spacial score (nSPS) is 23.7. The summed E-state index contributed by atoms with van der Waals surface area (Å²) in [6, 6.07) is 0. The summed E-state index contributed by atoms with van der Waals surface area (Å²) < 4.78 is 0. The third kappa shape index (κ3) is 3.78. The Hall–Kier alpha value is -1.06. The summed E-state index contributed by atoms with van der Waals surface area (Å²) in [4.78, 5) is 25.8. The molecule has 4 heteroatoms. The quantitative estimate of drug-likeness (QED) is 0.814. The molecule has 21 heavy (non-hydrogen) atoms.